The number of fused-ring (bicyclic) bond motifs is 3. The molecule has 15 heteroatoms. The molecular formula is C55H68N6O9. The predicted octanol–water partition coefficient (Wildman–Crippen LogP) is 7.84. The molecular weight excluding hydrogens is 889 g/mol. The molecule has 1 saturated heterocycles. The van der Waals surface area contributed by atoms with Crippen LogP contribution in [0, 0.1) is 13.8 Å². The van der Waals surface area contributed by atoms with Gasteiger partial charge in [-0.25, -0.2) is 4.79 Å². The molecule has 2 saturated carbocycles. The van der Waals surface area contributed by atoms with E-state index in [2.05, 4.69) is 15.5 Å². The lowest BCUT2D eigenvalue weighted by atomic mass is 10.0. The monoisotopic (exact) mass is 957 g/mol. The van der Waals surface area contributed by atoms with Crippen molar-refractivity contribution < 1.29 is 33.4 Å². The van der Waals surface area contributed by atoms with Crippen molar-refractivity contribution in [3.8, 4) is 11.5 Å². The lowest BCUT2D eigenvalue weighted by molar-refractivity contribution is -0.108. The fourth-order valence-corrected chi connectivity index (χ4v) is 10.3. The first-order valence-electron chi connectivity index (χ1n) is 25.1. The smallest absolute Gasteiger partial charge is 0.410 e. The van der Waals surface area contributed by atoms with E-state index in [0.717, 1.165) is 111 Å². The molecule has 4 heterocycles. The number of carbonyl (C=O) groups excluding carboxylic acids is 4. The number of nitrogens with zero attached hydrogens (tertiary/aromatic N) is 4. The average Bonchev–Trinajstić information content (AvgIpc) is 4.06. The van der Waals surface area contributed by atoms with Gasteiger partial charge in [0.25, 0.3) is 22.9 Å². The zero-order valence-corrected chi connectivity index (χ0v) is 41.4. The van der Waals surface area contributed by atoms with E-state index < -0.39 is 5.60 Å². The van der Waals surface area contributed by atoms with Crippen molar-refractivity contribution in [2.45, 2.75) is 142 Å². The van der Waals surface area contributed by atoms with Gasteiger partial charge >= 0.3 is 6.09 Å². The Morgan fingerprint density at radius 3 is 1.76 bits per heavy atom. The van der Waals surface area contributed by atoms with Crippen LogP contribution in [-0.2, 0) is 29.2 Å². The maximum absolute atomic E-state index is 13.5. The summed E-state index contributed by atoms with van der Waals surface area (Å²) in [6.07, 6.45) is 10.4. The number of aldehydes is 1. The molecule has 0 unspecified atom stereocenters. The number of ether oxygens (including phenoxy) is 3. The molecule has 4 aliphatic rings. The van der Waals surface area contributed by atoms with Crippen molar-refractivity contribution in [2.75, 3.05) is 32.8 Å². The Labute approximate surface area is 409 Å². The van der Waals surface area contributed by atoms with Gasteiger partial charge in [-0.1, -0.05) is 56.0 Å². The van der Waals surface area contributed by atoms with E-state index in [-0.39, 0.29) is 53.7 Å². The largest absolute Gasteiger partial charge is 0.486 e. The summed E-state index contributed by atoms with van der Waals surface area (Å²) in [5.74, 6) is 1.05. The first kappa shape index (κ1) is 49.9. The van der Waals surface area contributed by atoms with Crippen molar-refractivity contribution in [1.29, 1.82) is 0 Å². The molecule has 0 atom stereocenters. The van der Waals surface area contributed by atoms with Gasteiger partial charge in [-0.3, -0.25) is 19.2 Å². The van der Waals surface area contributed by atoms with E-state index in [4.69, 9.17) is 14.2 Å². The number of piperidine rings is 1. The number of benzene rings is 3. The fraction of sp³-hybridized carbons (Fsp3) is 0.491. The van der Waals surface area contributed by atoms with Crippen LogP contribution in [0.3, 0.4) is 0 Å². The van der Waals surface area contributed by atoms with Crippen LogP contribution in [0.2, 0.25) is 0 Å². The fourth-order valence-electron chi connectivity index (χ4n) is 10.3. The van der Waals surface area contributed by atoms with E-state index in [1.165, 1.54) is 16.7 Å². The SMILES string of the molecule is Cc1ccc2c(C(=O)NC3CCCC3)cc(=O)n(CC=O)c2c1.Cc1ccc2c(C(=O)NC3CCCC3)cc(=O)n(CCN3CCC(N(Cc4ccc5c(c4)OCCO5)C(=O)OC(C)(C)C)CC3)c2c1. The van der Waals surface area contributed by atoms with Gasteiger partial charge in [0.05, 0.1) is 28.7 Å². The minimum absolute atomic E-state index is 0.0106. The van der Waals surface area contributed by atoms with Crippen LogP contribution in [0.5, 0.6) is 11.5 Å². The summed E-state index contributed by atoms with van der Waals surface area (Å²) in [7, 11) is 0. The average molecular weight is 957 g/mol. The molecule has 3 fully saturated rings. The topological polar surface area (TPSA) is 171 Å². The Balaban J connectivity index is 0.000000239. The molecule has 0 bridgehead atoms. The molecule has 3 amide bonds. The van der Waals surface area contributed by atoms with Crippen molar-refractivity contribution in [2.24, 2.45) is 0 Å². The lowest BCUT2D eigenvalue weighted by Crippen LogP contribution is -2.49. The van der Waals surface area contributed by atoms with Gasteiger partial charge in [-0.05, 0) is 114 Å². The summed E-state index contributed by atoms with van der Waals surface area (Å²) in [5, 5.41) is 7.68. The minimum Gasteiger partial charge on any atom is -0.486 e. The second-order valence-corrected chi connectivity index (χ2v) is 20.3. The molecule has 5 aromatic rings. The highest BCUT2D eigenvalue weighted by molar-refractivity contribution is 6.07. The van der Waals surface area contributed by atoms with Gasteiger partial charge in [0.1, 0.15) is 25.1 Å². The molecule has 0 radical (unpaired) electrons. The molecule has 70 heavy (non-hydrogen) atoms. The van der Waals surface area contributed by atoms with Gasteiger partial charge < -0.3 is 48.6 Å². The quantitative estimate of drug-likeness (QED) is 0.118. The first-order valence-corrected chi connectivity index (χ1v) is 25.1. The summed E-state index contributed by atoms with van der Waals surface area (Å²) in [6, 6.07) is 20.6. The molecule has 15 nitrogen and oxygen atoms in total. The number of nitrogens with one attached hydrogen (secondary N) is 2. The maximum Gasteiger partial charge on any atom is 0.410 e. The number of aryl methyl sites for hydroxylation is 2. The van der Waals surface area contributed by atoms with E-state index in [1.807, 2.05) is 94.1 Å². The summed E-state index contributed by atoms with van der Waals surface area (Å²) >= 11 is 0. The molecule has 372 valence electrons. The second kappa shape index (κ2) is 22.1. The Kier molecular flexibility index (Phi) is 15.7. The Morgan fingerprint density at radius 1 is 0.686 bits per heavy atom. The Morgan fingerprint density at radius 2 is 1.21 bits per heavy atom. The standard InChI is InChI=1S/C37H48N4O6.C18H20N2O3/c1-25-9-11-29-30(35(43)38-27-7-5-6-8-27)23-34(42)40(31(29)21-25)18-17-39-15-13-28(14-16-39)41(36(44)47-37(2,3)4)24-26-10-12-32-33(22-26)46-20-19-45-32;1-12-6-7-14-15(18(23)19-13-4-2-3-5-13)11-17(22)20(8-9-21)16(14)10-12/h9-12,21-23,27-28H,5-8,13-20,24H2,1-4H3,(H,38,43);6-7,9-11,13H,2-5,8H2,1H3,(H,19,23). The molecule has 2 N–H and O–H groups in total. The number of pyridine rings is 2. The number of likely N-dealkylation sites (tertiary alicyclic amines) is 1. The van der Waals surface area contributed by atoms with Crippen LogP contribution >= 0.6 is 0 Å². The number of amides is 3. The molecule has 2 aliphatic carbocycles. The zero-order valence-electron chi connectivity index (χ0n) is 41.4. The van der Waals surface area contributed by atoms with Crippen molar-refractivity contribution in [3.05, 3.63) is 115 Å². The number of carbonyl (C=O) groups is 4. The van der Waals surface area contributed by atoms with Crippen LogP contribution in [-0.4, -0.2) is 99.7 Å². The van der Waals surface area contributed by atoms with Crippen LogP contribution in [0.25, 0.3) is 21.8 Å². The highest BCUT2D eigenvalue weighted by atomic mass is 16.6. The molecule has 2 aliphatic heterocycles. The zero-order chi connectivity index (χ0) is 49.5. The lowest BCUT2D eigenvalue weighted by Gasteiger charge is -2.39. The van der Waals surface area contributed by atoms with E-state index in [9.17, 15) is 28.8 Å². The third-order valence-corrected chi connectivity index (χ3v) is 13.9. The van der Waals surface area contributed by atoms with Gasteiger partial charge in [0.15, 0.2) is 11.5 Å². The third kappa shape index (κ3) is 12.1. The van der Waals surface area contributed by atoms with Gasteiger partial charge in [0.2, 0.25) is 0 Å². The van der Waals surface area contributed by atoms with Crippen LogP contribution in [0.4, 0.5) is 4.79 Å². The van der Waals surface area contributed by atoms with Crippen molar-refractivity contribution in [1.82, 2.24) is 29.6 Å². The van der Waals surface area contributed by atoms with Crippen LogP contribution in [0.15, 0.2) is 76.3 Å². The Hall–Kier alpha value is -6.48. The Bertz CT molecular complexity index is 2840. The van der Waals surface area contributed by atoms with Gasteiger partial charge in [0, 0.05) is 73.8 Å². The second-order valence-electron chi connectivity index (χ2n) is 20.3. The summed E-state index contributed by atoms with van der Waals surface area (Å²) in [4.78, 5) is 80.2. The van der Waals surface area contributed by atoms with Gasteiger partial charge in [-0.2, -0.15) is 0 Å². The normalized spacial score (nSPS) is 16.7. The highest BCUT2D eigenvalue weighted by Gasteiger charge is 2.32. The summed E-state index contributed by atoms with van der Waals surface area (Å²) in [5.41, 5.74) is 4.14. The molecule has 2 aromatic heterocycles. The van der Waals surface area contributed by atoms with Crippen molar-refractivity contribution >= 4 is 46.0 Å². The van der Waals surface area contributed by atoms with E-state index in [1.54, 1.807) is 4.57 Å². The van der Waals surface area contributed by atoms with Crippen LogP contribution < -0.4 is 31.2 Å². The first-order chi connectivity index (χ1) is 33.6. The molecule has 9 rings (SSSR count). The van der Waals surface area contributed by atoms with Crippen LogP contribution in [0.1, 0.15) is 122 Å². The van der Waals surface area contributed by atoms with Gasteiger partial charge in [-0.15, -0.1) is 0 Å². The highest BCUT2D eigenvalue weighted by Crippen LogP contribution is 2.32. The number of hydrogen-bond acceptors (Lipinski definition) is 10. The summed E-state index contributed by atoms with van der Waals surface area (Å²) < 4.78 is 20.5. The van der Waals surface area contributed by atoms with E-state index >= 15 is 0 Å². The third-order valence-electron chi connectivity index (χ3n) is 13.9. The molecule has 0 spiro atoms. The van der Waals surface area contributed by atoms with E-state index in [0.29, 0.717) is 66.9 Å². The predicted molar refractivity (Wildman–Crippen MR) is 270 cm³/mol. The summed E-state index contributed by atoms with van der Waals surface area (Å²) in [6.45, 7) is 13.8. The number of rotatable bonds is 12. The number of aromatic nitrogens is 2. The van der Waals surface area contributed by atoms with Crippen molar-refractivity contribution in [3.63, 3.8) is 0 Å². The molecule has 3 aromatic carbocycles. The number of hydrogen-bond donors (Lipinski definition) is 2. The minimum atomic E-state index is -0.607. The maximum atomic E-state index is 13.5.